The van der Waals surface area contributed by atoms with Gasteiger partial charge < -0.3 is 5.32 Å². The van der Waals surface area contributed by atoms with Crippen LogP contribution in [0.2, 0.25) is 0 Å². The fourth-order valence-corrected chi connectivity index (χ4v) is 3.03. The van der Waals surface area contributed by atoms with E-state index >= 15 is 0 Å². The van der Waals surface area contributed by atoms with Gasteiger partial charge in [0, 0.05) is 18.4 Å². The SMILES string of the molecule is C[C@H](NC(=O)N1CCc2ccccc21)c1nnc2ccccn12. The Kier molecular flexibility index (Phi) is 3.22. The molecule has 1 aliphatic heterocycles. The molecule has 2 aromatic heterocycles. The Bertz CT molecular complexity index is 872. The summed E-state index contributed by atoms with van der Waals surface area (Å²) in [5, 5.41) is 11.3. The highest BCUT2D eigenvalue weighted by Gasteiger charge is 2.26. The van der Waals surface area contributed by atoms with Crippen LogP contribution in [0.3, 0.4) is 0 Å². The highest BCUT2D eigenvalue weighted by atomic mass is 16.2. The number of urea groups is 1. The molecule has 1 aliphatic rings. The lowest BCUT2D eigenvalue weighted by atomic mass is 10.2. The molecule has 3 heterocycles. The van der Waals surface area contributed by atoms with Gasteiger partial charge in [0.25, 0.3) is 0 Å². The van der Waals surface area contributed by atoms with Crippen LogP contribution in [0.15, 0.2) is 48.7 Å². The normalized spacial score (nSPS) is 14.7. The van der Waals surface area contributed by atoms with Crippen LogP contribution in [0.1, 0.15) is 24.4 Å². The van der Waals surface area contributed by atoms with E-state index in [1.807, 2.05) is 53.9 Å². The van der Waals surface area contributed by atoms with Gasteiger partial charge in [-0.05, 0) is 37.1 Å². The van der Waals surface area contributed by atoms with Crippen molar-refractivity contribution in [3.8, 4) is 0 Å². The predicted molar refractivity (Wildman–Crippen MR) is 87.4 cm³/mol. The molecule has 2 amide bonds. The van der Waals surface area contributed by atoms with E-state index in [0.717, 1.165) is 23.6 Å². The van der Waals surface area contributed by atoms with Gasteiger partial charge in [0.2, 0.25) is 0 Å². The summed E-state index contributed by atoms with van der Waals surface area (Å²) < 4.78 is 1.89. The molecule has 0 aliphatic carbocycles. The number of anilines is 1. The number of carbonyl (C=O) groups is 1. The summed E-state index contributed by atoms with van der Waals surface area (Å²) in [5.41, 5.74) is 2.97. The maximum atomic E-state index is 12.6. The summed E-state index contributed by atoms with van der Waals surface area (Å²) in [4.78, 5) is 14.4. The van der Waals surface area contributed by atoms with Crippen molar-refractivity contribution in [1.29, 1.82) is 0 Å². The highest BCUT2D eigenvalue weighted by Crippen LogP contribution is 2.27. The Hall–Kier alpha value is -2.89. The van der Waals surface area contributed by atoms with E-state index < -0.39 is 0 Å². The van der Waals surface area contributed by atoms with Crippen molar-refractivity contribution < 1.29 is 4.79 Å². The molecule has 0 fully saturated rings. The zero-order valence-corrected chi connectivity index (χ0v) is 12.8. The summed E-state index contributed by atoms with van der Waals surface area (Å²) in [6.45, 7) is 2.63. The van der Waals surface area contributed by atoms with Crippen molar-refractivity contribution in [2.24, 2.45) is 0 Å². The van der Waals surface area contributed by atoms with Gasteiger partial charge in [-0.2, -0.15) is 0 Å². The monoisotopic (exact) mass is 307 g/mol. The maximum Gasteiger partial charge on any atom is 0.322 e. The minimum Gasteiger partial charge on any atom is -0.328 e. The predicted octanol–water partition coefficient (Wildman–Crippen LogP) is 2.56. The summed E-state index contributed by atoms with van der Waals surface area (Å²) in [5.74, 6) is 0.724. The quantitative estimate of drug-likeness (QED) is 0.791. The second kappa shape index (κ2) is 5.39. The number of nitrogens with zero attached hydrogens (tertiary/aromatic N) is 4. The number of pyridine rings is 1. The summed E-state index contributed by atoms with van der Waals surface area (Å²) in [6, 6.07) is 13.4. The van der Waals surface area contributed by atoms with Crippen LogP contribution in [-0.2, 0) is 6.42 Å². The van der Waals surface area contributed by atoms with Gasteiger partial charge in [-0.15, -0.1) is 10.2 Å². The Labute approximate surface area is 133 Å². The molecule has 0 saturated heterocycles. The number of rotatable bonds is 2. The van der Waals surface area contributed by atoms with Gasteiger partial charge in [0.1, 0.15) is 0 Å². The first-order valence-electron chi connectivity index (χ1n) is 7.69. The van der Waals surface area contributed by atoms with Crippen molar-refractivity contribution in [2.45, 2.75) is 19.4 Å². The molecule has 0 radical (unpaired) electrons. The molecule has 4 rings (SSSR count). The van der Waals surface area contributed by atoms with Crippen LogP contribution in [0.25, 0.3) is 5.65 Å². The van der Waals surface area contributed by atoms with E-state index in [0.29, 0.717) is 6.54 Å². The number of para-hydroxylation sites is 1. The fraction of sp³-hybridized carbons (Fsp3) is 0.235. The minimum atomic E-state index is -0.229. The minimum absolute atomic E-state index is 0.102. The van der Waals surface area contributed by atoms with Gasteiger partial charge in [0.05, 0.1) is 6.04 Å². The molecule has 0 spiro atoms. The van der Waals surface area contributed by atoms with Crippen molar-refractivity contribution in [3.63, 3.8) is 0 Å². The third kappa shape index (κ3) is 2.32. The average molecular weight is 307 g/mol. The number of nitrogens with one attached hydrogen (secondary N) is 1. The maximum absolute atomic E-state index is 12.6. The third-order valence-corrected chi connectivity index (χ3v) is 4.20. The van der Waals surface area contributed by atoms with Crippen LogP contribution in [-0.4, -0.2) is 27.2 Å². The molecule has 0 unspecified atom stereocenters. The molecule has 23 heavy (non-hydrogen) atoms. The van der Waals surface area contributed by atoms with Gasteiger partial charge in [-0.1, -0.05) is 24.3 Å². The van der Waals surface area contributed by atoms with Crippen molar-refractivity contribution >= 4 is 17.4 Å². The van der Waals surface area contributed by atoms with Crippen molar-refractivity contribution in [2.75, 3.05) is 11.4 Å². The molecular weight excluding hydrogens is 290 g/mol. The first kappa shape index (κ1) is 13.8. The largest absolute Gasteiger partial charge is 0.328 e. The molecule has 1 N–H and O–H groups in total. The van der Waals surface area contributed by atoms with Crippen molar-refractivity contribution in [1.82, 2.24) is 19.9 Å². The van der Waals surface area contributed by atoms with E-state index in [1.165, 1.54) is 5.56 Å². The Morgan fingerprint density at radius 2 is 2.00 bits per heavy atom. The summed E-state index contributed by atoms with van der Waals surface area (Å²) in [6.07, 6.45) is 2.80. The first-order chi connectivity index (χ1) is 11.2. The summed E-state index contributed by atoms with van der Waals surface area (Å²) >= 11 is 0. The Morgan fingerprint density at radius 3 is 2.91 bits per heavy atom. The topological polar surface area (TPSA) is 62.5 Å². The van der Waals surface area contributed by atoms with Gasteiger partial charge in [-0.25, -0.2) is 4.79 Å². The van der Waals surface area contributed by atoms with Crippen LogP contribution in [0.4, 0.5) is 10.5 Å². The highest BCUT2D eigenvalue weighted by molar-refractivity contribution is 5.94. The van der Waals surface area contributed by atoms with Crippen LogP contribution in [0, 0.1) is 0 Å². The lowest BCUT2D eigenvalue weighted by Gasteiger charge is -2.20. The number of fused-ring (bicyclic) bond motifs is 2. The van der Waals surface area contributed by atoms with Gasteiger partial charge >= 0.3 is 6.03 Å². The fourth-order valence-electron chi connectivity index (χ4n) is 3.03. The van der Waals surface area contributed by atoms with E-state index in [1.54, 1.807) is 4.90 Å². The number of benzene rings is 1. The van der Waals surface area contributed by atoms with Crippen LogP contribution < -0.4 is 10.2 Å². The number of carbonyl (C=O) groups excluding carboxylic acids is 1. The number of amides is 2. The number of hydrogen-bond donors (Lipinski definition) is 1. The molecule has 6 heteroatoms. The van der Waals surface area contributed by atoms with E-state index in [4.69, 9.17) is 0 Å². The van der Waals surface area contributed by atoms with Gasteiger partial charge in [0.15, 0.2) is 11.5 Å². The zero-order chi connectivity index (χ0) is 15.8. The van der Waals surface area contributed by atoms with E-state index in [-0.39, 0.29) is 12.1 Å². The molecule has 1 atom stereocenters. The Morgan fingerprint density at radius 1 is 1.17 bits per heavy atom. The average Bonchev–Trinajstić information content (AvgIpc) is 3.19. The molecule has 1 aromatic carbocycles. The lowest BCUT2D eigenvalue weighted by Crippen LogP contribution is -2.40. The second-order valence-corrected chi connectivity index (χ2v) is 5.69. The molecule has 0 bridgehead atoms. The number of aromatic nitrogens is 3. The number of hydrogen-bond acceptors (Lipinski definition) is 3. The molecule has 116 valence electrons. The first-order valence-corrected chi connectivity index (χ1v) is 7.69. The Balaban J connectivity index is 1.55. The smallest absolute Gasteiger partial charge is 0.322 e. The molecule has 3 aromatic rings. The summed E-state index contributed by atoms with van der Waals surface area (Å²) in [7, 11) is 0. The zero-order valence-electron chi connectivity index (χ0n) is 12.8. The molecular formula is C17H17N5O. The van der Waals surface area contributed by atoms with Gasteiger partial charge in [-0.3, -0.25) is 9.30 Å². The van der Waals surface area contributed by atoms with E-state index in [2.05, 4.69) is 21.6 Å². The standard InChI is InChI=1S/C17H17N5O/c1-12(16-20-19-15-8-4-5-10-22(15)16)18-17(23)21-11-9-13-6-2-3-7-14(13)21/h2-8,10,12H,9,11H2,1H3,(H,18,23)/t12-/m0/s1. The van der Waals surface area contributed by atoms with Crippen molar-refractivity contribution in [3.05, 3.63) is 60.0 Å². The van der Waals surface area contributed by atoms with E-state index in [9.17, 15) is 4.79 Å². The second-order valence-electron chi connectivity index (χ2n) is 5.69. The third-order valence-electron chi connectivity index (χ3n) is 4.20. The molecule has 6 nitrogen and oxygen atoms in total. The lowest BCUT2D eigenvalue weighted by molar-refractivity contribution is 0.243. The van der Waals surface area contributed by atoms with Crippen LogP contribution >= 0.6 is 0 Å². The van der Waals surface area contributed by atoms with Crippen LogP contribution in [0.5, 0.6) is 0 Å². The molecule has 0 saturated carbocycles.